The number of carbonyl (C=O) groups excluding carboxylic acids is 1. The number of benzene rings is 2. The van der Waals surface area contributed by atoms with Crippen molar-refractivity contribution in [2.45, 2.75) is 26.4 Å². The molecule has 1 N–H and O–H groups in total. The summed E-state index contributed by atoms with van der Waals surface area (Å²) in [7, 11) is 3.48. The fourth-order valence-electron chi connectivity index (χ4n) is 2.86. The number of hydrogen-bond donors (Lipinski definition) is 1. The lowest BCUT2D eigenvalue weighted by molar-refractivity contribution is -0.129. The average Bonchev–Trinajstić information content (AvgIpc) is 2.62. The van der Waals surface area contributed by atoms with E-state index in [4.69, 9.17) is 4.74 Å². The van der Waals surface area contributed by atoms with Crippen molar-refractivity contribution in [1.29, 1.82) is 0 Å². The first-order valence-corrected chi connectivity index (χ1v) is 8.66. The SMILES string of the molecule is COc1cccc(CN(C)C(=O)CNC(c2ccccc2)C(C)C)c1. The quantitative estimate of drug-likeness (QED) is 0.798. The third-order valence-corrected chi connectivity index (χ3v) is 4.28. The number of likely N-dealkylation sites (N-methyl/N-ethyl adjacent to an activating group) is 1. The van der Waals surface area contributed by atoms with E-state index in [1.807, 2.05) is 49.5 Å². The van der Waals surface area contributed by atoms with Crippen molar-refractivity contribution in [3.05, 3.63) is 65.7 Å². The molecule has 0 aliphatic carbocycles. The predicted octanol–water partition coefficient (Wildman–Crippen LogP) is 3.64. The lowest BCUT2D eigenvalue weighted by Crippen LogP contribution is -2.38. The van der Waals surface area contributed by atoms with Crippen LogP contribution in [0, 0.1) is 5.92 Å². The molecule has 25 heavy (non-hydrogen) atoms. The molecule has 0 spiro atoms. The van der Waals surface area contributed by atoms with Crippen LogP contribution in [0.5, 0.6) is 5.75 Å². The third-order valence-electron chi connectivity index (χ3n) is 4.28. The fourth-order valence-corrected chi connectivity index (χ4v) is 2.86. The third kappa shape index (κ3) is 5.61. The molecule has 2 rings (SSSR count). The first-order valence-electron chi connectivity index (χ1n) is 8.66. The van der Waals surface area contributed by atoms with E-state index < -0.39 is 0 Å². The zero-order valence-electron chi connectivity index (χ0n) is 15.5. The summed E-state index contributed by atoms with van der Waals surface area (Å²) in [5.41, 5.74) is 2.26. The largest absolute Gasteiger partial charge is 0.497 e. The van der Waals surface area contributed by atoms with E-state index in [0.29, 0.717) is 19.0 Å². The van der Waals surface area contributed by atoms with Crippen LogP contribution in [0.2, 0.25) is 0 Å². The van der Waals surface area contributed by atoms with Crippen molar-refractivity contribution >= 4 is 5.91 Å². The lowest BCUT2D eigenvalue weighted by atomic mass is 9.96. The van der Waals surface area contributed by atoms with Crippen LogP contribution in [0.4, 0.5) is 0 Å². The van der Waals surface area contributed by atoms with Crippen molar-refractivity contribution in [2.24, 2.45) is 5.92 Å². The number of nitrogens with one attached hydrogen (secondary N) is 1. The van der Waals surface area contributed by atoms with Gasteiger partial charge in [0.1, 0.15) is 5.75 Å². The molecule has 134 valence electrons. The molecule has 0 radical (unpaired) electrons. The second-order valence-electron chi connectivity index (χ2n) is 6.61. The van der Waals surface area contributed by atoms with E-state index in [1.165, 1.54) is 5.56 Å². The number of rotatable bonds is 8. The van der Waals surface area contributed by atoms with Gasteiger partial charge in [-0.15, -0.1) is 0 Å². The van der Waals surface area contributed by atoms with Gasteiger partial charge in [-0.2, -0.15) is 0 Å². The van der Waals surface area contributed by atoms with Crippen molar-refractivity contribution in [2.75, 3.05) is 20.7 Å². The number of nitrogens with zero attached hydrogens (tertiary/aromatic N) is 1. The monoisotopic (exact) mass is 340 g/mol. The maximum atomic E-state index is 12.5. The molecule has 2 aromatic rings. The number of hydrogen-bond acceptors (Lipinski definition) is 3. The smallest absolute Gasteiger partial charge is 0.236 e. The van der Waals surface area contributed by atoms with E-state index >= 15 is 0 Å². The van der Waals surface area contributed by atoms with E-state index in [9.17, 15) is 4.79 Å². The molecule has 4 nitrogen and oxygen atoms in total. The van der Waals surface area contributed by atoms with Crippen molar-refractivity contribution < 1.29 is 9.53 Å². The van der Waals surface area contributed by atoms with Crippen molar-refractivity contribution in [1.82, 2.24) is 10.2 Å². The summed E-state index contributed by atoms with van der Waals surface area (Å²) in [6.45, 7) is 5.21. The highest BCUT2D eigenvalue weighted by Gasteiger charge is 2.17. The maximum absolute atomic E-state index is 12.5. The molecule has 0 bridgehead atoms. The summed E-state index contributed by atoms with van der Waals surface area (Å²) in [6.07, 6.45) is 0. The van der Waals surface area contributed by atoms with Gasteiger partial charge in [0.2, 0.25) is 5.91 Å². The maximum Gasteiger partial charge on any atom is 0.236 e. The van der Waals surface area contributed by atoms with Crippen molar-refractivity contribution in [3.8, 4) is 5.75 Å². The summed E-state index contributed by atoms with van der Waals surface area (Å²) in [6, 6.07) is 18.2. The lowest BCUT2D eigenvalue weighted by Gasteiger charge is -2.25. The Morgan fingerprint density at radius 2 is 1.84 bits per heavy atom. The Morgan fingerprint density at radius 1 is 1.12 bits per heavy atom. The van der Waals surface area contributed by atoms with Crippen LogP contribution >= 0.6 is 0 Å². The van der Waals surface area contributed by atoms with Crippen LogP contribution in [-0.2, 0) is 11.3 Å². The number of methoxy groups -OCH3 is 1. The molecule has 0 fully saturated rings. The van der Waals surface area contributed by atoms with E-state index in [2.05, 4.69) is 31.3 Å². The molecule has 1 unspecified atom stereocenters. The summed E-state index contributed by atoms with van der Waals surface area (Å²) in [5, 5.41) is 3.41. The second kappa shape index (κ2) is 9.23. The van der Waals surface area contributed by atoms with Crippen molar-refractivity contribution in [3.63, 3.8) is 0 Å². The Hall–Kier alpha value is -2.33. The highest BCUT2D eigenvalue weighted by atomic mass is 16.5. The Kier molecular flexibility index (Phi) is 7.02. The van der Waals surface area contributed by atoms with Gasteiger partial charge < -0.3 is 15.0 Å². The van der Waals surface area contributed by atoms with Gasteiger partial charge in [0, 0.05) is 19.6 Å². The van der Waals surface area contributed by atoms with Gasteiger partial charge in [0.15, 0.2) is 0 Å². The number of amides is 1. The molecule has 0 heterocycles. The van der Waals surface area contributed by atoms with Crippen LogP contribution in [-0.4, -0.2) is 31.5 Å². The minimum Gasteiger partial charge on any atom is -0.497 e. The van der Waals surface area contributed by atoms with Gasteiger partial charge in [-0.25, -0.2) is 0 Å². The van der Waals surface area contributed by atoms with Gasteiger partial charge in [-0.3, -0.25) is 4.79 Å². The van der Waals surface area contributed by atoms with E-state index in [1.54, 1.807) is 12.0 Å². The molecular weight excluding hydrogens is 312 g/mol. The normalized spacial score (nSPS) is 12.0. The molecular formula is C21H28N2O2. The standard InChI is InChI=1S/C21H28N2O2/c1-16(2)21(18-10-6-5-7-11-18)22-14-20(24)23(3)15-17-9-8-12-19(13-17)25-4/h5-13,16,21-22H,14-15H2,1-4H3. The second-order valence-corrected chi connectivity index (χ2v) is 6.61. The highest BCUT2D eigenvalue weighted by molar-refractivity contribution is 5.78. The molecule has 1 atom stereocenters. The predicted molar refractivity (Wildman–Crippen MR) is 101 cm³/mol. The minimum absolute atomic E-state index is 0.0735. The Labute approximate surface area is 150 Å². The molecule has 4 heteroatoms. The molecule has 1 amide bonds. The van der Waals surface area contributed by atoms with Crippen LogP contribution in [0.1, 0.15) is 31.0 Å². The summed E-state index contributed by atoms with van der Waals surface area (Å²) >= 11 is 0. The van der Waals surface area contributed by atoms with E-state index in [0.717, 1.165) is 11.3 Å². The fraction of sp³-hybridized carbons (Fsp3) is 0.381. The number of carbonyl (C=O) groups is 1. The molecule has 0 saturated heterocycles. The molecule has 0 aliphatic rings. The van der Waals surface area contributed by atoms with Gasteiger partial charge in [0.05, 0.1) is 13.7 Å². The topological polar surface area (TPSA) is 41.6 Å². The Morgan fingerprint density at radius 3 is 2.48 bits per heavy atom. The Bertz CT molecular complexity index is 671. The van der Waals surface area contributed by atoms with Crippen LogP contribution in [0.25, 0.3) is 0 Å². The van der Waals surface area contributed by atoms with Crippen LogP contribution < -0.4 is 10.1 Å². The zero-order valence-corrected chi connectivity index (χ0v) is 15.5. The van der Waals surface area contributed by atoms with Crippen LogP contribution in [0.15, 0.2) is 54.6 Å². The summed E-state index contributed by atoms with van der Waals surface area (Å²) in [4.78, 5) is 14.2. The first kappa shape index (κ1) is 19.0. The molecule has 0 aromatic heterocycles. The van der Waals surface area contributed by atoms with Gasteiger partial charge in [0.25, 0.3) is 0 Å². The van der Waals surface area contributed by atoms with Crippen LogP contribution in [0.3, 0.4) is 0 Å². The van der Waals surface area contributed by atoms with Gasteiger partial charge in [-0.1, -0.05) is 56.3 Å². The van der Waals surface area contributed by atoms with Gasteiger partial charge >= 0.3 is 0 Å². The highest BCUT2D eigenvalue weighted by Crippen LogP contribution is 2.21. The Balaban J connectivity index is 1.93. The van der Waals surface area contributed by atoms with Gasteiger partial charge in [-0.05, 0) is 29.2 Å². The minimum atomic E-state index is 0.0735. The van der Waals surface area contributed by atoms with E-state index in [-0.39, 0.29) is 11.9 Å². The summed E-state index contributed by atoms with van der Waals surface area (Å²) in [5.74, 6) is 1.28. The molecule has 0 aliphatic heterocycles. The summed E-state index contributed by atoms with van der Waals surface area (Å²) < 4.78 is 5.24. The molecule has 0 saturated carbocycles. The molecule has 2 aromatic carbocycles. The zero-order chi connectivity index (χ0) is 18.2. The number of ether oxygens (including phenoxy) is 1. The first-order chi connectivity index (χ1) is 12.0. The average molecular weight is 340 g/mol.